The zero-order chi connectivity index (χ0) is 22.8. The molecule has 2 aliphatic heterocycles. The van der Waals surface area contributed by atoms with Crippen LogP contribution in [0.5, 0.6) is 0 Å². The van der Waals surface area contributed by atoms with E-state index in [2.05, 4.69) is 52.4 Å². The summed E-state index contributed by atoms with van der Waals surface area (Å²) in [4.78, 5) is 20.9. The number of aromatic nitrogens is 2. The molecule has 1 aromatic carbocycles. The number of hydrogen-bond donors (Lipinski definition) is 0. The number of carbonyl (C=O) groups is 1. The minimum Gasteiger partial charge on any atom is -0.381 e. The SMILES string of the molecule is Cc1cc(C)cc(C2(C(=O)N3CCOCC(Cc4nccn5cccc45)C3)CCOCC2)c1. The first kappa shape index (κ1) is 22.1. The monoisotopic (exact) mass is 447 g/mol. The zero-order valence-electron chi connectivity index (χ0n) is 19.6. The molecule has 1 unspecified atom stereocenters. The van der Waals surface area contributed by atoms with Crippen LogP contribution < -0.4 is 0 Å². The quantitative estimate of drug-likeness (QED) is 0.612. The third-order valence-electron chi connectivity index (χ3n) is 7.17. The minimum atomic E-state index is -0.524. The van der Waals surface area contributed by atoms with Gasteiger partial charge < -0.3 is 18.8 Å². The van der Waals surface area contributed by atoms with Crippen molar-refractivity contribution in [3.05, 3.63) is 71.3 Å². The minimum absolute atomic E-state index is 0.209. The number of rotatable bonds is 4. The van der Waals surface area contributed by atoms with Gasteiger partial charge in [0.2, 0.25) is 5.91 Å². The van der Waals surface area contributed by atoms with E-state index in [1.165, 1.54) is 11.1 Å². The standard InChI is InChI=1S/C27H33N3O3/c1-20-14-21(2)16-23(15-20)27(5-11-32-12-6-27)26(31)30-10-13-33-19-22(18-30)17-24-25-4-3-8-29(25)9-7-28-24/h3-4,7-9,14-16,22H,5-6,10-13,17-19H2,1-2H3. The van der Waals surface area contributed by atoms with Crippen molar-refractivity contribution in [1.82, 2.24) is 14.3 Å². The summed E-state index contributed by atoms with van der Waals surface area (Å²) in [5.74, 6) is 0.432. The number of fused-ring (bicyclic) bond motifs is 1. The van der Waals surface area contributed by atoms with Crippen LogP contribution in [0.25, 0.3) is 5.52 Å². The van der Waals surface area contributed by atoms with E-state index in [0.717, 1.165) is 36.0 Å². The Morgan fingerprint density at radius 1 is 1.09 bits per heavy atom. The van der Waals surface area contributed by atoms with Crippen molar-refractivity contribution in [2.45, 2.75) is 38.5 Å². The summed E-state index contributed by atoms with van der Waals surface area (Å²) in [5.41, 5.74) is 5.19. The van der Waals surface area contributed by atoms with Crippen LogP contribution in [0, 0.1) is 19.8 Å². The second-order valence-electron chi connectivity index (χ2n) is 9.64. The number of aryl methyl sites for hydroxylation is 2. The zero-order valence-corrected chi connectivity index (χ0v) is 19.6. The average Bonchev–Trinajstić information content (AvgIpc) is 3.18. The van der Waals surface area contributed by atoms with E-state index in [4.69, 9.17) is 9.47 Å². The van der Waals surface area contributed by atoms with Gasteiger partial charge in [0.15, 0.2) is 0 Å². The number of hydrogen-bond acceptors (Lipinski definition) is 4. The topological polar surface area (TPSA) is 56.1 Å². The maximum Gasteiger partial charge on any atom is 0.233 e. The van der Waals surface area contributed by atoms with Crippen LogP contribution in [0.3, 0.4) is 0 Å². The summed E-state index contributed by atoms with van der Waals surface area (Å²) in [6.07, 6.45) is 8.09. The molecule has 174 valence electrons. The molecule has 3 aromatic rings. The first-order chi connectivity index (χ1) is 16.0. The van der Waals surface area contributed by atoms with Gasteiger partial charge in [0.1, 0.15) is 0 Å². The Kier molecular flexibility index (Phi) is 6.21. The second kappa shape index (κ2) is 9.27. The number of carbonyl (C=O) groups excluding carboxylic acids is 1. The lowest BCUT2D eigenvalue weighted by Crippen LogP contribution is -2.51. The average molecular weight is 448 g/mol. The fourth-order valence-electron chi connectivity index (χ4n) is 5.55. The van der Waals surface area contributed by atoms with Gasteiger partial charge in [0.05, 0.1) is 29.8 Å². The molecule has 0 saturated carbocycles. The van der Waals surface area contributed by atoms with Crippen molar-refractivity contribution in [3.8, 4) is 0 Å². The maximum absolute atomic E-state index is 14.2. The largest absolute Gasteiger partial charge is 0.381 e. The van der Waals surface area contributed by atoms with Gasteiger partial charge in [0, 0.05) is 50.8 Å². The van der Waals surface area contributed by atoms with Crippen LogP contribution in [0.2, 0.25) is 0 Å². The van der Waals surface area contributed by atoms with Gasteiger partial charge in [0.25, 0.3) is 0 Å². The Morgan fingerprint density at radius 2 is 1.88 bits per heavy atom. The van der Waals surface area contributed by atoms with Gasteiger partial charge in [-0.25, -0.2) is 0 Å². The summed E-state index contributed by atoms with van der Waals surface area (Å²) >= 11 is 0. The van der Waals surface area contributed by atoms with Crippen molar-refractivity contribution in [1.29, 1.82) is 0 Å². The smallest absolute Gasteiger partial charge is 0.233 e. The molecule has 33 heavy (non-hydrogen) atoms. The van der Waals surface area contributed by atoms with E-state index in [9.17, 15) is 4.79 Å². The molecule has 5 rings (SSSR count). The molecule has 2 aromatic heterocycles. The van der Waals surface area contributed by atoms with Gasteiger partial charge in [-0.15, -0.1) is 0 Å². The summed E-state index contributed by atoms with van der Waals surface area (Å²) < 4.78 is 13.8. The molecule has 0 N–H and O–H groups in total. The highest BCUT2D eigenvalue weighted by Gasteiger charge is 2.45. The third kappa shape index (κ3) is 4.42. The van der Waals surface area contributed by atoms with E-state index in [0.29, 0.717) is 39.5 Å². The van der Waals surface area contributed by atoms with Crippen molar-refractivity contribution >= 4 is 11.4 Å². The lowest BCUT2D eigenvalue weighted by atomic mass is 9.72. The Morgan fingerprint density at radius 3 is 2.67 bits per heavy atom. The van der Waals surface area contributed by atoms with Crippen LogP contribution in [0.15, 0.2) is 48.9 Å². The van der Waals surface area contributed by atoms with Gasteiger partial charge >= 0.3 is 0 Å². The van der Waals surface area contributed by atoms with Crippen molar-refractivity contribution in [2.24, 2.45) is 5.92 Å². The van der Waals surface area contributed by atoms with Crippen LogP contribution >= 0.6 is 0 Å². The van der Waals surface area contributed by atoms with E-state index < -0.39 is 5.41 Å². The Balaban J connectivity index is 1.42. The number of ether oxygens (including phenoxy) is 2. The fraction of sp³-hybridized carbons (Fsp3) is 0.481. The molecule has 0 aliphatic carbocycles. The second-order valence-corrected chi connectivity index (χ2v) is 9.64. The van der Waals surface area contributed by atoms with Crippen molar-refractivity contribution in [3.63, 3.8) is 0 Å². The van der Waals surface area contributed by atoms with E-state index in [1.54, 1.807) is 0 Å². The predicted molar refractivity (Wildman–Crippen MR) is 127 cm³/mol. The molecule has 1 amide bonds. The van der Waals surface area contributed by atoms with Gasteiger partial charge in [-0.3, -0.25) is 9.78 Å². The van der Waals surface area contributed by atoms with E-state index in [1.807, 2.05) is 24.7 Å². The normalized spacial score (nSPS) is 21.2. The maximum atomic E-state index is 14.2. The molecule has 2 aliphatic rings. The lowest BCUT2D eigenvalue weighted by molar-refractivity contribution is -0.141. The Hall–Kier alpha value is -2.70. The Labute approximate surface area is 195 Å². The number of nitrogens with zero attached hydrogens (tertiary/aromatic N) is 3. The summed E-state index contributed by atoms with van der Waals surface area (Å²) in [5, 5.41) is 0. The van der Waals surface area contributed by atoms with Crippen LogP contribution in [0.1, 0.15) is 35.2 Å². The van der Waals surface area contributed by atoms with Crippen LogP contribution in [-0.4, -0.2) is 59.7 Å². The number of benzene rings is 1. The van der Waals surface area contributed by atoms with Crippen molar-refractivity contribution < 1.29 is 14.3 Å². The molecule has 0 spiro atoms. The fourth-order valence-corrected chi connectivity index (χ4v) is 5.55. The number of amides is 1. The molecular formula is C27H33N3O3. The highest BCUT2D eigenvalue weighted by atomic mass is 16.5. The molecule has 2 saturated heterocycles. The van der Waals surface area contributed by atoms with E-state index >= 15 is 0 Å². The third-order valence-corrected chi connectivity index (χ3v) is 7.17. The van der Waals surface area contributed by atoms with Crippen molar-refractivity contribution in [2.75, 3.05) is 39.5 Å². The molecule has 1 atom stereocenters. The molecular weight excluding hydrogens is 414 g/mol. The lowest BCUT2D eigenvalue weighted by Gasteiger charge is -2.40. The highest BCUT2D eigenvalue weighted by molar-refractivity contribution is 5.88. The summed E-state index contributed by atoms with van der Waals surface area (Å²) in [6.45, 7) is 8.00. The molecule has 0 radical (unpaired) electrons. The molecule has 2 fully saturated rings. The van der Waals surface area contributed by atoms with Gasteiger partial charge in [-0.05, 0) is 50.8 Å². The van der Waals surface area contributed by atoms with E-state index in [-0.39, 0.29) is 11.8 Å². The summed E-state index contributed by atoms with van der Waals surface area (Å²) in [7, 11) is 0. The molecule has 6 heteroatoms. The molecule has 0 bridgehead atoms. The molecule has 6 nitrogen and oxygen atoms in total. The first-order valence-electron chi connectivity index (χ1n) is 12.0. The first-order valence-corrected chi connectivity index (χ1v) is 12.0. The Bertz CT molecular complexity index is 1110. The highest BCUT2D eigenvalue weighted by Crippen LogP contribution is 2.38. The summed E-state index contributed by atoms with van der Waals surface area (Å²) in [6, 6.07) is 10.7. The molecule has 4 heterocycles. The van der Waals surface area contributed by atoms with Crippen LogP contribution in [-0.2, 0) is 26.1 Å². The van der Waals surface area contributed by atoms with Gasteiger partial charge in [-0.1, -0.05) is 29.3 Å². The van der Waals surface area contributed by atoms with Crippen LogP contribution in [0.4, 0.5) is 0 Å². The predicted octanol–water partition coefficient (Wildman–Crippen LogP) is 3.72. The van der Waals surface area contributed by atoms with Gasteiger partial charge in [-0.2, -0.15) is 0 Å².